The Morgan fingerprint density at radius 3 is 2.94 bits per heavy atom. The van der Waals surface area contributed by atoms with E-state index in [9.17, 15) is 8.78 Å². The Kier molecular flexibility index (Phi) is 3.19. The molecule has 2 aromatic heterocycles. The van der Waals surface area contributed by atoms with Gasteiger partial charge in [0.25, 0.3) is 6.43 Å². The van der Waals surface area contributed by atoms with Crippen LogP contribution in [0.1, 0.15) is 5.56 Å². The number of nitrogens with zero attached hydrogens (tertiary/aromatic N) is 3. The minimum atomic E-state index is -2.78. The molecule has 0 amide bonds. The van der Waals surface area contributed by atoms with Gasteiger partial charge in [-0.15, -0.1) is 5.10 Å². The van der Waals surface area contributed by atoms with Crippen molar-refractivity contribution in [3.63, 3.8) is 0 Å². The van der Waals surface area contributed by atoms with Gasteiger partial charge in [0.1, 0.15) is 6.10 Å². The number of pyridine rings is 1. The molecule has 0 saturated carbocycles. The van der Waals surface area contributed by atoms with Gasteiger partial charge in [-0.3, -0.25) is 0 Å². The number of nitrogens with one attached hydrogen (secondary N) is 1. The summed E-state index contributed by atoms with van der Waals surface area (Å²) < 4.78 is 25.7. The molecule has 92 valence electrons. The number of hydrogen-bond donors (Lipinski definition) is 2. The van der Waals surface area contributed by atoms with Crippen LogP contribution in [0.25, 0.3) is 5.65 Å². The molecule has 0 saturated heterocycles. The maximum absolute atomic E-state index is 12.1. The van der Waals surface area contributed by atoms with Crippen molar-refractivity contribution in [2.24, 2.45) is 0 Å². The Morgan fingerprint density at radius 1 is 1.53 bits per heavy atom. The third-order valence-electron chi connectivity index (χ3n) is 2.32. The molecule has 0 bridgehead atoms. The molecule has 1 unspecified atom stereocenters. The lowest BCUT2D eigenvalue weighted by Gasteiger charge is -2.08. The predicted molar refractivity (Wildman–Crippen MR) is 58.2 cm³/mol. The van der Waals surface area contributed by atoms with Crippen LogP contribution in [0.4, 0.5) is 14.7 Å². The maximum Gasteiger partial charge on any atom is 0.265 e. The van der Waals surface area contributed by atoms with Crippen molar-refractivity contribution >= 4 is 11.6 Å². The molecule has 0 fully saturated rings. The predicted octanol–water partition coefficient (Wildman–Crippen LogP) is 1.08. The second kappa shape index (κ2) is 4.62. The number of alkyl halides is 2. The first kappa shape index (κ1) is 11.7. The van der Waals surface area contributed by atoms with Gasteiger partial charge in [0.2, 0.25) is 5.95 Å². The third kappa shape index (κ3) is 2.50. The second-order valence-electron chi connectivity index (χ2n) is 3.68. The molecule has 0 spiro atoms. The molecule has 1 atom stereocenters. The van der Waals surface area contributed by atoms with Crippen molar-refractivity contribution in [2.45, 2.75) is 19.5 Å². The van der Waals surface area contributed by atoms with E-state index < -0.39 is 12.5 Å². The molecule has 0 aliphatic heterocycles. The van der Waals surface area contributed by atoms with Crippen LogP contribution >= 0.6 is 0 Å². The van der Waals surface area contributed by atoms with Gasteiger partial charge < -0.3 is 10.4 Å². The molecule has 2 aromatic rings. The zero-order valence-electron chi connectivity index (χ0n) is 9.14. The largest absolute Gasteiger partial charge is 0.385 e. The number of aliphatic hydroxyl groups is 1. The van der Waals surface area contributed by atoms with Crippen molar-refractivity contribution < 1.29 is 13.9 Å². The number of anilines is 1. The normalized spacial score (nSPS) is 13.2. The smallest absolute Gasteiger partial charge is 0.265 e. The van der Waals surface area contributed by atoms with Crippen LogP contribution in [0.5, 0.6) is 0 Å². The van der Waals surface area contributed by atoms with Gasteiger partial charge in [0, 0.05) is 12.7 Å². The zero-order chi connectivity index (χ0) is 12.4. The first-order valence-corrected chi connectivity index (χ1v) is 5.10. The highest BCUT2D eigenvalue weighted by atomic mass is 19.3. The summed E-state index contributed by atoms with van der Waals surface area (Å²) >= 11 is 0. The standard InChI is InChI=1S/C10H12F2N4O/c1-6-3-2-4-16-9(6)14-10(15-16)13-5-7(17)8(11)12/h2-4,7-8,17H,5H2,1H3,(H,13,15). The van der Waals surface area contributed by atoms with E-state index >= 15 is 0 Å². The second-order valence-corrected chi connectivity index (χ2v) is 3.68. The van der Waals surface area contributed by atoms with Crippen LogP contribution in [-0.2, 0) is 0 Å². The molecule has 0 aliphatic rings. The maximum atomic E-state index is 12.1. The van der Waals surface area contributed by atoms with Gasteiger partial charge in [-0.05, 0) is 18.6 Å². The van der Waals surface area contributed by atoms with Crippen molar-refractivity contribution in [1.82, 2.24) is 14.6 Å². The summed E-state index contributed by atoms with van der Waals surface area (Å²) in [7, 11) is 0. The SMILES string of the molecule is Cc1cccn2nc(NCC(O)C(F)F)nc12. The number of aryl methyl sites for hydroxylation is 1. The van der Waals surface area contributed by atoms with E-state index in [1.807, 2.05) is 19.1 Å². The molecule has 0 radical (unpaired) electrons. The number of aromatic nitrogens is 3. The Hall–Kier alpha value is -1.76. The van der Waals surface area contributed by atoms with Crippen molar-refractivity contribution in [3.8, 4) is 0 Å². The van der Waals surface area contributed by atoms with Crippen LogP contribution in [0, 0.1) is 6.92 Å². The molecule has 2 rings (SSSR count). The third-order valence-corrected chi connectivity index (χ3v) is 2.32. The van der Waals surface area contributed by atoms with Gasteiger partial charge >= 0.3 is 0 Å². The molecule has 2 N–H and O–H groups in total. The number of rotatable bonds is 4. The first-order valence-electron chi connectivity index (χ1n) is 5.10. The Morgan fingerprint density at radius 2 is 2.29 bits per heavy atom. The fourth-order valence-corrected chi connectivity index (χ4v) is 1.40. The Labute approximate surface area is 96.1 Å². The molecule has 5 nitrogen and oxygen atoms in total. The summed E-state index contributed by atoms with van der Waals surface area (Å²) in [5.41, 5.74) is 1.59. The Balaban J connectivity index is 2.12. The lowest BCUT2D eigenvalue weighted by atomic mass is 10.3. The average Bonchev–Trinajstić information content (AvgIpc) is 2.70. The summed E-state index contributed by atoms with van der Waals surface area (Å²) in [6.45, 7) is 1.59. The fraction of sp³-hybridized carbons (Fsp3) is 0.400. The summed E-state index contributed by atoms with van der Waals surface area (Å²) in [5, 5.41) is 15.6. The van der Waals surface area contributed by atoms with Gasteiger partial charge in [0.15, 0.2) is 5.65 Å². The van der Waals surface area contributed by atoms with E-state index in [0.29, 0.717) is 5.65 Å². The first-order chi connectivity index (χ1) is 8.08. The van der Waals surface area contributed by atoms with Crippen molar-refractivity contribution in [2.75, 3.05) is 11.9 Å². The van der Waals surface area contributed by atoms with Gasteiger partial charge in [0.05, 0.1) is 0 Å². The highest BCUT2D eigenvalue weighted by Gasteiger charge is 2.17. The average molecular weight is 242 g/mol. The lowest BCUT2D eigenvalue weighted by Crippen LogP contribution is -2.27. The summed E-state index contributed by atoms with van der Waals surface area (Å²) in [6, 6.07) is 3.69. The van der Waals surface area contributed by atoms with E-state index in [2.05, 4.69) is 15.4 Å². The highest BCUT2D eigenvalue weighted by Crippen LogP contribution is 2.10. The highest BCUT2D eigenvalue weighted by molar-refractivity contribution is 5.49. The van der Waals surface area contributed by atoms with Crippen LogP contribution in [0.15, 0.2) is 18.3 Å². The molecule has 2 heterocycles. The van der Waals surface area contributed by atoms with Crippen molar-refractivity contribution in [3.05, 3.63) is 23.9 Å². The number of hydrogen-bond acceptors (Lipinski definition) is 4. The summed E-state index contributed by atoms with van der Waals surface area (Å²) in [4.78, 5) is 4.13. The number of aliphatic hydroxyl groups excluding tert-OH is 1. The fourth-order valence-electron chi connectivity index (χ4n) is 1.40. The van der Waals surface area contributed by atoms with Gasteiger partial charge in [-0.1, -0.05) is 6.07 Å². The molecule has 17 heavy (non-hydrogen) atoms. The van der Waals surface area contributed by atoms with Gasteiger partial charge in [-0.2, -0.15) is 4.98 Å². The quantitative estimate of drug-likeness (QED) is 0.842. The van der Waals surface area contributed by atoms with E-state index in [4.69, 9.17) is 5.11 Å². The molecule has 0 aromatic carbocycles. The number of fused-ring (bicyclic) bond motifs is 1. The van der Waals surface area contributed by atoms with E-state index in [1.165, 1.54) is 0 Å². The van der Waals surface area contributed by atoms with Crippen LogP contribution < -0.4 is 5.32 Å². The molecular formula is C10H12F2N4O. The van der Waals surface area contributed by atoms with Crippen LogP contribution in [-0.4, -0.2) is 38.8 Å². The summed E-state index contributed by atoms with van der Waals surface area (Å²) in [6.07, 6.45) is -2.78. The van der Waals surface area contributed by atoms with Crippen LogP contribution in [0.2, 0.25) is 0 Å². The molecule has 0 aliphatic carbocycles. The Bertz CT molecular complexity index is 514. The lowest BCUT2D eigenvalue weighted by molar-refractivity contribution is 0.00377. The molecule has 7 heteroatoms. The number of halogens is 2. The molecular weight excluding hydrogens is 230 g/mol. The zero-order valence-corrected chi connectivity index (χ0v) is 9.14. The minimum absolute atomic E-state index is 0.221. The van der Waals surface area contributed by atoms with Crippen LogP contribution in [0.3, 0.4) is 0 Å². The summed E-state index contributed by atoms with van der Waals surface area (Å²) in [5.74, 6) is 0.221. The van der Waals surface area contributed by atoms with E-state index in [1.54, 1.807) is 10.7 Å². The van der Waals surface area contributed by atoms with Gasteiger partial charge in [-0.25, -0.2) is 13.3 Å². The minimum Gasteiger partial charge on any atom is -0.385 e. The topological polar surface area (TPSA) is 62.5 Å². The van der Waals surface area contributed by atoms with E-state index in [0.717, 1.165) is 5.56 Å². The monoisotopic (exact) mass is 242 g/mol. The van der Waals surface area contributed by atoms with Crippen molar-refractivity contribution in [1.29, 1.82) is 0 Å². The van der Waals surface area contributed by atoms with E-state index in [-0.39, 0.29) is 12.5 Å².